The van der Waals surface area contributed by atoms with Crippen LogP contribution in [0.25, 0.3) is 11.3 Å². The van der Waals surface area contributed by atoms with Gasteiger partial charge in [-0.05, 0) is 54.5 Å². The summed E-state index contributed by atoms with van der Waals surface area (Å²) in [5.74, 6) is -0.0471. The fraction of sp³-hybridized carbons (Fsp3) is 0.273. The van der Waals surface area contributed by atoms with E-state index < -0.39 is 16.6 Å². The van der Waals surface area contributed by atoms with Gasteiger partial charge < -0.3 is 9.47 Å². The summed E-state index contributed by atoms with van der Waals surface area (Å²) in [5.41, 5.74) is 0.966. The molecule has 7 nitrogen and oxygen atoms in total. The van der Waals surface area contributed by atoms with Crippen LogP contribution in [0.4, 0.5) is 14.5 Å². The lowest BCUT2D eigenvalue weighted by Gasteiger charge is -2.12. The van der Waals surface area contributed by atoms with Gasteiger partial charge in [-0.2, -0.15) is 11.8 Å². The Kier molecular flexibility index (Phi) is 8.79. The molecule has 0 unspecified atom stereocenters. The zero-order chi connectivity index (χ0) is 23.8. The third kappa shape index (κ3) is 7.00. The van der Waals surface area contributed by atoms with Crippen LogP contribution in [0.15, 0.2) is 42.6 Å². The Morgan fingerprint density at radius 1 is 1.12 bits per heavy atom. The summed E-state index contributed by atoms with van der Waals surface area (Å²) in [6.07, 6.45) is 3.99. The Bertz CT molecular complexity index is 1140. The third-order valence-electron chi connectivity index (χ3n) is 4.45. The molecule has 174 valence electrons. The Morgan fingerprint density at radius 3 is 2.61 bits per heavy atom. The first kappa shape index (κ1) is 24.7. The van der Waals surface area contributed by atoms with Crippen LogP contribution in [0.1, 0.15) is 18.4 Å². The van der Waals surface area contributed by atoms with Crippen LogP contribution in [-0.4, -0.2) is 34.4 Å². The van der Waals surface area contributed by atoms with Gasteiger partial charge in [0.2, 0.25) is 5.28 Å². The van der Waals surface area contributed by atoms with E-state index in [1.165, 1.54) is 24.3 Å². The van der Waals surface area contributed by atoms with Crippen molar-refractivity contribution in [2.24, 2.45) is 0 Å². The van der Waals surface area contributed by atoms with Gasteiger partial charge in [-0.15, -0.1) is 0 Å². The molecule has 0 spiro atoms. The zero-order valence-corrected chi connectivity index (χ0v) is 19.2. The van der Waals surface area contributed by atoms with Gasteiger partial charge in [0.05, 0.1) is 30.4 Å². The van der Waals surface area contributed by atoms with Gasteiger partial charge in [-0.3, -0.25) is 10.1 Å². The molecule has 0 aliphatic carbocycles. The highest BCUT2D eigenvalue weighted by atomic mass is 35.5. The Morgan fingerprint density at radius 2 is 1.88 bits per heavy atom. The Hall–Kier alpha value is -2.98. The minimum absolute atomic E-state index is 0.0180. The van der Waals surface area contributed by atoms with Gasteiger partial charge in [-0.25, -0.2) is 18.7 Å². The topological polar surface area (TPSA) is 87.4 Å². The quantitative estimate of drug-likeness (QED) is 0.138. The fourth-order valence-electron chi connectivity index (χ4n) is 3.00. The molecule has 0 saturated carbocycles. The first-order chi connectivity index (χ1) is 15.9. The van der Waals surface area contributed by atoms with Crippen molar-refractivity contribution in [1.82, 2.24) is 9.97 Å². The number of nitro benzene ring substituents is 1. The van der Waals surface area contributed by atoms with Crippen LogP contribution in [-0.2, 0) is 5.75 Å². The average Bonchev–Trinajstić information content (AvgIpc) is 2.78. The smallest absolute Gasteiger partial charge is 0.273 e. The molecular weight excluding hydrogens is 476 g/mol. The molecule has 3 rings (SSSR count). The van der Waals surface area contributed by atoms with Crippen LogP contribution >= 0.6 is 23.4 Å². The highest BCUT2D eigenvalue weighted by molar-refractivity contribution is 7.97. The zero-order valence-electron chi connectivity index (χ0n) is 17.6. The number of unbranched alkanes of at least 4 members (excludes halogenated alkanes) is 1. The van der Waals surface area contributed by atoms with E-state index in [4.69, 9.17) is 21.1 Å². The van der Waals surface area contributed by atoms with Crippen molar-refractivity contribution < 1.29 is 23.2 Å². The molecule has 33 heavy (non-hydrogen) atoms. The molecular formula is C22H20ClF2N3O4S. The van der Waals surface area contributed by atoms with Crippen molar-refractivity contribution >= 4 is 29.1 Å². The second-order valence-electron chi connectivity index (χ2n) is 6.91. The molecule has 0 bridgehead atoms. The Balaban J connectivity index is 1.57. The summed E-state index contributed by atoms with van der Waals surface area (Å²) >= 11 is 7.32. The lowest BCUT2D eigenvalue weighted by molar-refractivity contribution is -0.385. The van der Waals surface area contributed by atoms with E-state index in [-0.39, 0.29) is 34.6 Å². The van der Waals surface area contributed by atoms with Crippen LogP contribution in [0.5, 0.6) is 11.5 Å². The van der Waals surface area contributed by atoms with E-state index in [0.717, 1.165) is 17.8 Å². The normalized spacial score (nSPS) is 10.8. The molecule has 0 aliphatic heterocycles. The number of aromatic nitrogens is 2. The first-order valence-corrected chi connectivity index (χ1v) is 11.7. The van der Waals surface area contributed by atoms with Crippen LogP contribution in [0, 0.1) is 21.7 Å². The van der Waals surface area contributed by atoms with E-state index >= 15 is 0 Å². The second kappa shape index (κ2) is 11.8. The molecule has 0 amide bonds. The standard InChI is InChI=1S/C22H20ClF2N3O4S/c1-33-13-14-8-16(28(29)30)11-17(9-14)31-6-2-3-7-32-20-10-15(24)4-5-18(20)21-19(25)12-26-22(23)27-21/h4-5,8-12H,2-3,6-7,13H2,1H3. The molecule has 1 aromatic heterocycles. The van der Waals surface area contributed by atoms with Gasteiger partial charge in [0.25, 0.3) is 5.69 Å². The largest absolute Gasteiger partial charge is 0.493 e. The summed E-state index contributed by atoms with van der Waals surface area (Å²) < 4.78 is 39.2. The predicted molar refractivity (Wildman–Crippen MR) is 123 cm³/mol. The lowest BCUT2D eigenvalue weighted by atomic mass is 10.1. The average molecular weight is 496 g/mol. The van der Waals surface area contributed by atoms with E-state index in [9.17, 15) is 18.9 Å². The van der Waals surface area contributed by atoms with E-state index in [0.29, 0.717) is 31.0 Å². The Labute approximate surface area is 198 Å². The number of nitrogens with zero attached hydrogens (tertiary/aromatic N) is 3. The van der Waals surface area contributed by atoms with Gasteiger partial charge in [-0.1, -0.05) is 0 Å². The van der Waals surface area contributed by atoms with Crippen molar-refractivity contribution in [3.8, 4) is 22.8 Å². The highest BCUT2D eigenvalue weighted by Gasteiger charge is 2.15. The molecule has 0 radical (unpaired) electrons. The number of halogens is 3. The maximum absolute atomic E-state index is 14.1. The van der Waals surface area contributed by atoms with Gasteiger partial charge in [0, 0.05) is 23.4 Å². The van der Waals surface area contributed by atoms with Crippen molar-refractivity contribution in [2.75, 3.05) is 19.5 Å². The summed E-state index contributed by atoms with van der Waals surface area (Å²) in [7, 11) is 0. The third-order valence-corrected chi connectivity index (χ3v) is 5.26. The summed E-state index contributed by atoms with van der Waals surface area (Å²) in [5, 5.41) is 11.0. The molecule has 0 atom stereocenters. The number of benzene rings is 2. The number of nitro groups is 1. The van der Waals surface area contributed by atoms with Gasteiger partial charge in [0.15, 0.2) is 5.82 Å². The number of non-ortho nitro benzene ring substituents is 1. The maximum atomic E-state index is 14.1. The van der Waals surface area contributed by atoms with Crippen molar-refractivity contribution in [1.29, 1.82) is 0 Å². The highest BCUT2D eigenvalue weighted by Crippen LogP contribution is 2.32. The minimum Gasteiger partial charge on any atom is -0.493 e. The molecule has 0 fully saturated rings. The summed E-state index contributed by atoms with van der Waals surface area (Å²) in [6, 6.07) is 8.39. The van der Waals surface area contributed by atoms with Crippen molar-refractivity contribution in [2.45, 2.75) is 18.6 Å². The summed E-state index contributed by atoms with van der Waals surface area (Å²) in [4.78, 5) is 18.1. The van der Waals surface area contributed by atoms with Gasteiger partial charge >= 0.3 is 0 Å². The van der Waals surface area contributed by atoms with Crippen LogP contribution < -0.4 is 9.47 Å². The lowest BCUT2D eigenvalue weighted by Crippen LogP contribution is -2.04. The number of ether oxygens (including phenoxy) is 2. The van der Waals surface area contributed by atoms with Crippen LogP contribution in [0.2, 0.25) is 5.28 Å². The maximum Gasteiger partial charge on any atom is 0.273 e. The first-order valence-electron chi connectivity index (χ1n) is 9.88. The number of hydrogen-bond donors (Lipinski definition) is 0. The fourth-order valence-corrected chi connectivity index (χ4v) is 3.64. The molecule has 3 aromatic rings. The molecule has 11 heteroatoms. The number of thioether (sulfide) groups is 1. The van der Waals surface area contributed by atoms with Gasteiger partial charge in [0.1, 0.15) is 23.0 Å². The SMILES string of the molecule is CSCc1cc(OCCCCOc2cc(F)ccc2-c2nc(Cl)ncc2F)cc([N+](=O)[O-])c1. The molecule has 0 N–H and O–H groups in total. The van der Waals surface area contributed by atoms with Crippen molar-refractivity contribution in [3.63, 3.8) is 0 Å². The number of rotatable bonds is 11. The summed E-state index contributed by atoms with van der Waals surface area (Å²) in [6.45, 7) is 0.530. The molecule has 0 saturated heterocycles. The second-order valence-corrected chi connectivity index (χ2v) is 8.11. The van der Waals surface area contributed by atoms with E-state index in [2.05, 4.69) is 9.97 Å². The number of hydrogen-bond acceptors (Lipinski definition) is 7. The van der Waals surface area contributed by atoms with E-state index in [1.54, 1.807) is 17.8 Å². The van der Waals surface area contributed by atoms with Crippen molar-refractivity contribution in [3.05, 3.63) is 75.2 Å². The molecule has 0 aliphatic rings. The predicted octanol–water partition coefficient (Wildman–Crippen LogP) is 6.08. The molecule has 1 heterocycles. The van der Waals surface area contributed by atoms with Crippen LogP contribution in [0.3, 0.4) is 0 Å². The molecule has 2 aromatic carbocycles. The monoisotopic (exact) mass is 495 g/mol. The van der Waals surface area contributed by atoms with E-state index in [1.807, 2.05) is 6.26 Å². The minimum atomic E-state index is -0.706.